The van der Waals surface area contributed by atoms with E-state index in [1.54, 1.807) is 0 Å². The van der Waals surface area contributed by atoms with Crippen molar-refractivity contribution >= 4 is 22.6 Å². The maximum atomic E-state index is 5.94. The Balaban J connectivity index is 2.36. The first-order valence-corrected chi connectivity index (χ1v) is 5.82. The molecule has 2 N–H and O–H groups in total. The van der Waals surface area contributed by atoms with E-state index in [0.717, 1.165) is 34.7 Å². The molecule has 0 spiro atoms. The number of rotatable bonds is 3. The summed E-state index contributed by atoms with van der Waals surface area (Å²) in [5.41, 5.74) is 7.82. The molecule has 0 saturated heterocycles. The predicted molar refractivity (Wildman–Crippen MR) is 67.7 cm³/mol. The van der Waals surface area contributed by atoms with Crippen molar-refractivity contribution in [1.82, 2.24) is 9.55 Å². The minimum Gasteiger partial charge on any atom is -0.331 e. The van der Waals surface area contributed by atoms with Gasteiger partial charge in [0.1, 0.15) is 5.82 Å². The van der Waals surface area contributed by atoms with Crippen LogP contribution in [-0.2, 0) is 13.5 Å². The summed E-state index contributed by atoms with van der Waals surface area (Å²) in [5.74, 6) is 1.06. The fraction of sp³-hybridized carbons (Fsp3) is 0.417. The molecule has 0 radical (unpaired) electrons. The van der Waals surface area contributed by atoms with Crippen molar-refractivity contribution in [2.75, 3.05) is 0 Å². The van der Waals surface area contributed by atoms with Gasteiger partial charge in [0.05, 0.1) is 11.0 Å². The minimum atomic E-state index is 0.211. The van der Waals surface area contributed by atoms with Crippen molar-refractivity contribution in [2.45, 2.75) is 25.8 Å². The van der Waals surface area contributed by atoms with Crippen LogP contribution in [-0.4, -0.2) is 15.6 Å². The largest absolute Gasteiger partial charge is 0.331 e. The van der Waals surface area contributed by atoms with Crippen LogP contribution in [0, 0.1) is 0 Å². The number of nitrogens with zero attached hydrogens (tertiary/aromatic N) is 2. The summed E-state index contributed by atoms with van der Waals surface area (Å²) in [5, 5.41) is 0.726. The molecule has 0 fully saturated rings. The lowest BCUT2D eigenvalue weighted by Gasteiger charge is -2.04. The molecule has 4 heteroatoms. The van der Waals surface area contributed by atoms with Crippen LogP contribution in [0.2, 0.25) is 5.02 Å². The van der Waals surface area contributed by atoms with Gasteiger partial charge >= 0.3 is 0 Å². The number of fused-ring (bicyclic) bond motifs is 1. The smallest absolute Gasteiger partial charge is 0.109 e. The quantitative estimate of drug-likeness (QED) is 0.892. The van der Waals surface area contributed by atoms with Gasteiger partial charge in [-0.05, 0) is 31.5 Å². The lowest BCUT2D eigenvalue weighted by atomic mass is 10.2. The van der Waals surface area contributed by atoms with Gasteiger partial charge in [0.25, 0.3) is 0 Å². The fourth-order valence-corrected chi connectivity index (χ4v) is 1.97. The Kier molecular flexibility index (Phi) is 3.17. The topological polar surface area (TPSA) is 43.8 Å². The van der Waals surface area contributed by atoms with E-state index in [2.05, 4.69) is 9.55 Å². The Labute approximate surface area is 100 Å². The third-order valence-electron chi connectivity index (χ3n) is 2.76. The summed E-state index contributed by atoms with van der Waals surface area (Å²) >= 11 is 5.94. The number of benzene rings is 1. The summed E-state index contributed by atoms with van der Waals surface area (Å²) in [7, 11) is 2.03. The molecule has 0 saturated carbocycles. The van der Waals surface area contributed by atoms with E-state index in [9.17, 15) is 0 Å². The molecule has 2 aromatic rings. The number of imidazole rings is 1. The van der Waals surface area contributed by atoms with Gasteiger partial charge in [0.2, 0.25) is 0 Å². The lowest BCUT2D eigenvalue weighted by Crippen LogP contribution is -2.16. The van der Waals surface area contributed by atoms with Crippen molar-refractivity contribution in [3.05, 3.63) is 29.0 Å². The Bertz CT molecular complexity index is 502. The van der Waals surface area contributed by atoms with Crippen LogP contribution >= 0.6 is 11.6 Å². The van der Waals surface area contributed by atoms with Crippen LogP contribution in [0.25, 0.3) is 11.0 Å². The average Bonchev–Trinajstić information content (AvgIpc) is 2.52. The minimum absolute atomic E-state index is 0.211. The highest BCUT2D eigenvalue weighted by atomic mass is 35.5. The second-order valence-electron chi connectivity index (χ2n) is 4.24. The van der Waals surface area contributed by atoms with Gasteiger partial charge in [-0.3, -0.25) is 0 Å². The average molecular weight is 238 g/mol. The van der Waals surface area contributed by atoms with Crippen molar-refractivity contribution in [3.8, 4) is 0 Å². The second-order valence-corrected chi connectivity index (χ2v) is 4.67. The lowest BCUT2D eigenvalue weighted by molar-refractivity contribution is 0.636. The maximum absolute atomic E-state index is 5.94. The van der Waals surface area contributed by atoms with Crippen molar-refractivity contribution < 1.29 is 0 Å². The molecule has 0 bridgehead atoms. The van der Waals surface area contributed by atoms with Crippen LogP contribution in [0.4, 0.5) is 0 Å². The molecule has 0 aliphatic carbocycles. The van der Waals surface area contributed by atoms with Gasteiger partial charge in [-0.2, -0.15) is 0 Å². The summed E-state index contributed by atoms with van der Waals surface area (Å²) in [6.07, 6.45) is 1.85. The zero-order valence-corrected chi connectivity index (χ0v) is 10.3. The SMILES string of the molecule is CC(N)CCc1nc2cc(Cl)ccc2n1C. The maximum Gasteiger partial charge on any atom is 0.109 e. The van der Waals surface area contributed by atoms with Crippen molar-refractivity contribution in [3.63, 3.8) is 0 Å². The molecule has 3 nitrogen and oxygen atoms in total. The van der Waals surface area contributed by atoms with Crippen molar-refractivity contribution in [2.24, 2.45) is 12.8 Å². The third-order valence-corrected chi connectivity index (χ3v) is 2.99. The van der Waals surface area contributed by atoms with Crippen LogP contribution in [0.15, 0.2) is 18.2 Å². The van der Waals surface area contributed by atoms with Gasteiger partial charge in [0, 0.05) is 24.5 Å². The Morgan fingerprint density at radius 2 is 2.25 bits per heavy atom. The standard InChI is InChI=1S/C12H16ClN3/c1-8(14)3-6-12-15-10-7-9(13)4-5-11(10)16(12)2/h4-5,7-8H,3,6,14H2,1-2H3. The number of aryl methyl sites for hydroxylation is 2. The number of halogens is 1. The zero-order valence-electron chi connectivity index (χ0n) is 9.57. The third kappa shape index (κ3) is 2.20. The highest BCUT2D eigenvalue weighted by molar-refractivity contribution is 6.31. The summed E-state index contributed by atoms with van der Waals surface area (Å²) in [6, 6.07) is 6.00. The molecular weight excluding hydrogens is 222 g/mol. The van der Waals surface area contributed by atoms with E-state index in [0.29, 0.717) is 0 Å². The van der Waals surface area contributed by atoms with Crippen LogP contribution in [0.1, 0.15) is 19.2 Å². The van der Waals surface area contributed by atoms with E-state index >= 15 is 0 Å². The monoisotopic (exact) mass is 237 g/mol. The molecule has 1 unspecified atom stereocenters. The molecule has 1 aromatic heterocycles. The molecular formula is C12H16ClN3. The number of hydrogen-bond acceptors (Lipinski definition) is 2. The van der Waals surface area contributed by atoms with Crippen molar-refractivity contribution in [1.29, 1.82) is 0 Å². The van der Waals surface area contributed by atoms with Gasteiger partial charge < -0.3 is 10.3 Å². The van der Waals surface area contributed by atoms with Gasteiger partial charge in [0.15, 0.2) is 0 Å². The number of hydrogen-bond donors (Lipinski definition) is 1. The number of nitrogens with two attached hydrogens (primary N) is 1. The Morgan fingerprint density at radius 3 is 2.94 bits per heavy atom. The normalized spacial score (nSPS) is 13.2. The molecule has 1 aromatic carbocycles. The highest BCUT2D eigenvalue weighted by Crippen LogP contribution is 2.20. The van der Waals surface area contributed by atoms with E-state index in [4.69, 9.17) is 17.3 Å². The Hall–Kier alpha value is -1.06. The highest BCUT2D eigenvalue weighted by Gasteiger charge is 2.08. The first kappa shape index (κ1) is 11.4. The van der Waals surface area contributed by atoms with E-state index in [-0.39, 0.29) is 6.04 Å². The van der Waals surface area contributed by atoms with Gasteiger partial charge in [-0.15, -0.1) is 0 Å². The molecule has 16 heavy (non-hydrogen) atoms. The number of aromatic nitrogens is 2. The molecule has 1 heterocycles. The zero-order chi connectivity index (χ0) is 11.7. The molecule has 0 aliphatic heterocycles. The molecule has 86 valence electrons. The van der Waals surface area contributed by atoms with Gasteiger partial charge in [-0.25, -0.2) is 4.98 Å². The van der Waals surface area contributed by atoms with E-state index < -0.39 is 0 Å². The van der Waals surface area contributed by atoms with Crippen LogP contribution < -0.4 is 5.73 Å². The molecule has 0 amide bonds. The summed E-state index contributed by atoms with van der Waals surface area (Å²) in [4.78, 5) is 4.57. The first-order chi connectivity index (χ1) is 7.58. The summed E-state index contributed by atoms with van der Waals surface area (Å²) < 4.78 is 2.11. The van der Waals surface area contributed by atoms with Crippen LogP contribution in [0.5, 0.6) is 0 Å². The molecule has 0 aliphatic rings. The van der Waals surface area contributed by atoms with Crippen LogP contribution in [0.3, 0.4) is 0 Å². The molecule has 1 atom stereocenters. The summed E-state index contributed by atoms with van der Waals surface area (Å²) in [6.45, 7) is 2.01. The van der Waals surface area contributed by atoms with Gasteiger partial charge in [-0.1, -0.05) is 11.6 Å². The first-order valence-electron chi connectivity index (χ1n) is 5.44. The fourth-order valence-electron chi connectivity index (χ4n) is 1.80. The molecule has 2 rings (SSSR count). The second kappa shape index (κ2) is 4.44. The Morgan fingerprint density at radius 1 is 1.50 bits per heavy atom. The predicted octanol–water partition coefficient (Wildman–Crippen LogP) is 2.51. The van der Waals surface area contributed by atoms with E-state index in [1.807, 2.05) is 32.2 Å². The van der Waals surface area contributed by atoms with E-state index in [1.165, 1.54) is 0 Å².